The lowest BCUT2D eigenvalue weighted by Crippen LogP contribution is -2.47. The van der Waals surface area contributed by atoms with Crippen LogP contribution in [0.15, 0.2) is 17.0 Å². The number of hydrogen-bond acceptors (Lipinski definition) is 6. The van der Waals surface area contributed by atoms with E-state index in [4.69, 9.17) is 14.6 Å². The Morgan fingerprint density at radius 3 is 2.10 bits per heavy atom. The van der Waals surface area contributed by atoms with Crippen LogP contribution in [0.4, 0.5) is 0 Å². The van der Waals surface area contributed by atoms with Crippen LogP contribution in [0.5, 0.6) is 11.5 Å². The van der Waals surface area contributed by atoms with Crippen LogP contribution >= 0.6 is 11.9 Å². The Morgan fingerprint density at radius 1 is 1.14 bits per heavy atom. The number of benzene rings is 1. The molecule has 2 rings (SSSR count). The first-order valence-corrected chi connectivity index (χ1v) is 7.59. The zero-order valence-corrected chi connectivity index (χ0v) is 13.4. The predicted octanol–water partition coefficient (Wildman–Crippen LogP) is 1.06. The van der Waals surface area contributed by atoms with Gasteiger partial charge in [0.1, 0.15) is 16.4 Å². The molecule has 0 aliphatic carbocycles. The summed E-state index contributed by atoms with van der Waals surface area (Å²) in [4.78, 5) is 17.3. The van der Waals surface area contributed by atoms with Gasteiger partial charge in [-0.1, -0.05) is 0 Å². The number of ether oxygens (including phenoxy) is 2. The summed E-state index contributed by atoms with van der Waals surface area (Å²) in [5.41, 5.74) is 0.561. The SMILES string of the molecule is COc1cc(C(=O)N2CCN(C)CC2)cc(OC)c1SN. The monoisotopic (exact) mass is 311 g/mol. The summed E-state index contributed by atoms with van der Waals surface area (Å²) in [6.07, 6.45) is 0. The van der Waals surface area contributed by atoms with Crippen molar-refractivity contribution in [1.29, 1.82) is 0 Å². The number of hydrogen-bond donors (Lipinski definition) is 1. The molecule has 1 saturated heterocycles. The Morgan fingerprint density at radius 2 is 1.67 bits per heavy atom. The Balaban J connectivity index is 2.28. The van der Waals surface area contributed by atoms with Crippen LogP contribution in [0, 0.1) is 0 Å². The largest absolute Gasteiger partial charge is 0.495 e. The third kappa shape index (κ3) is 3.42. The van der Waals surface area contributed by atoms with Crippen molar-refractivity contribution in [2.24, 2.45) is 5.14 Å². The predicted molar refractivity (Wildman–Crippen MR) is 83.0 cm³/mol. The van der Waals surface area contributed by atoms with Crippen LogP contribution < -0.4 is 14.6 Å². The average molecular weight is 311 g/mol. The standard InChI is InChI=1S/C14H21N3O3S/c1-16-4-6-17(7-5-16)14(18)10-8-11(19-2)13(21-15)12(9-10)20-3/h8-9H,4-7,15H2,1-3H3. The van der Waals surface area contributed by atoms with Crippen molar-refractivity contribution in [3.05, 3.63) is 17.7 Å². The highest BCUT2D eigenvalue weighted by Crippen LogP contribution is 2.36. The molecule has 0 atom stereocenters. The van der Waals surface area contributed by atoms with Crippen LogP contribution in [0.25, 0.3) is 0 Å². The zero-order valence-electron chi connectivity index (χ0n) is 12.6. The Hall–Kier alpha value is -1.44. The molecule has 1 aromatic rings. The van der Waals surface area contributed by atoms with Crippen molar-refractivity contribution >= 4 is 17.9 Å². The van der Waals surface area contributed by atoms with Crippen molar-refractivity contribution < 1.29 is 14.3 Å². The smallest absolute Gasteiger partial charge is 0.254 e. The molecule has 0 aromatic heterocycles. The van der Waals surface area contributed by atoms with Gasteiger partial charge in [-0.15, -0.1) is 0 Å². The molecule has 1 aromatic carbocycles. The van der Waals surface area contributed by atoms with E-state index in [1.54, 1.807) is 26.4 Å². The highest BCUT2D eigenvalue weighted by molar-refractivity contribution is 7.97. The minimum atomic E-state index is -0.00623. The summed E-state index contributed by atoms with van der Waals surface area (Å²) in [5, 5.41) is 5.64. The molecule has 21 heavy (non-hydrogen) atoms. The summed E-state index contributed by atoms with van der Waals surface area (Å²) < 4.78 is 10.6. The van der Waals surface area contributed by atoms with E-state index < -0.39 is 0 Å². The van der Waals surface area contributed by atoms with E-state index in [1.165, 1.54) is 0 Å². The van der Waals surface area contributed by atoms with Crippen LogP contribution in [0.2, 0.25) is 0 Å². The molecule has 1 aliphatic heterocycles. The molecule has 0 saturated carbocycles. The third-order valence-electron chi connectivity index (χ3n) is 3.62. The van der Waals surface area contributed by atoms with Crippen molar-refractivity contribution in [1.82, 2.24) is 9.80 Å². The molecule has 0 radical (unpaired) electrons. The number of amides is 1. The maximum absolute atomic E-state index is 12.6. The van der Waals surface area contributed by atoms with Gasteiger partial charge in [-0.2, -0.15) is 0 Å². The van der Waals surface area contributed by atoms with Gasteiger partial charge in [0, 0.05) is 31.7 Å². The van der Waals surface area contributed by atoms with E-state index >= 15 is 0 Å². The fraction of sp³-hybridized carbons (Fsp3) is 0.500. The molecule has 1 heterocycles. The van der Waals surface area contributed by atoms with Crippen molar-refractivity contribution in [2.75, 3.05) is 47.4 Å². The second-order valence-corrected chi connectivity index (χ2v) is 5.57. The minimum absolute atomic E-state index is 0.00623. The number of methoxy groups -OCH3 is 2. The van der Waals surface area contributed by atoms with Crippen LogP contribution in [-0.2, 0) is 0 Å². The van der Waals surface area contributed by atoms with Gasteiger partial charge in [0.25, 0.3) is 5.91 Å². The van der Waals surface area contributed by atoms with Gasteiger partial charge in [0.15, 0.2) is 0 Å². The maximum atomic E-state index is 12.6. The van der Waals surface area contributed by atoms with Crippen LogP contribution in [0.3, 0.4) is 0 Å². The lowest BCUT2D eigenvalue weighted by Gasteiger charge is -2.32. The number of nitrogens with two attached hydrogens (primary N) is 1. The van der Waals surface area contributed by atoms with Gasteiger partial charge in [-0.05, 0) is 31.1 Å². The number of nitrogens with zero attached hydrogens (tertiary/aromatic N) is 2. The summed E-state index contributed by atoms with van der Waals surface area (Å²) in [5.74, 6) is 1.10. The molecule has 0 unspecified atom stereocenters. The minimum Gasteiger partial charge on any atom is -0.495 e. The summed E-state index contributed by atoms with van der Waals surface area (Å²) >= 11 is 1.05. The molecule has 1 fully saturated rings. The first-order chi connectivity index (χ1) is 10.1. The van der Waals surface area contributed by atoms with Crippen molar-refractivity contribution in [3.8, 4) is 11.5 Å². The molecular weight excluding hydrogens is 290 g/mol. The van der Waals surface area contributed by atoms with E-state index in [0.29, 0.717) is 22.0 Å². The molecular formula is C14H21N3O3S. The Labute approximate surface area is 129 Å². The van der Waals surface area contributed by atoms with Crippen LogP contribution in [0.1, 0.15) is 10.4 Å². The first-order valence-electron chi connectivity index (χ1n) is 6.71. The summed E-state index contributed by atoms with van der Waals surface area (Å²) in [6, 6.07) is 3.44. The van der Waals surface area contributed by atoms with E-state index in [9.17, 15) is 4.79 Å². The van der Waals surface area contributed by atoms with Gasteiger partial charge >= 0.3 is 0 Å². The molecule has 2 N–H and O–H groups in total. The fourth-order valence-electron chi connectivity index (χ4n) is 2.31. The van der Waals surface area contributed by atoms with Gasteiger partial charge in [-0.3, -0.25) is 9.93 Å². The van der Waals surface area contributed by atoms with Crippen LogP contribution in [-0.4, -0.2) is 63.2 Å². The first kappa shape index (κ1) is 15.9. The van der Waals surface area contributed by atoms with Gasteiger partial charge in [0.2, 0.25) is 0 Å². The van der Waals surface area contributed by atoms with Gasteiger partial charge in [0.05, 0.1) is 14.2 Å². The second kappa shape index (κ2) is 7.02. The fourth-order valence-corrected chi connectivity index (χ4v) is 2.83. The molecule has 116 valence electrons. The van der Waals surface area contributed by atoms with Crippen molar-refractivity contribution in [3.63, 3.8) is 0 Å². The average Bonchev–Trinajstić information content (AvgIpc) is 2.53. The second-order valence-electron chi connectivity index (χ2n) is 4.92. The number of likely N-dealkylation sites (N-methyl/N-ethyl adjacent to an activating group) is 1. The number of carbonyl (C=O) groups is 1. The molecule has 0 bridgehead atoms. The normalized spacial score (nSPS) is 15.9. The van der Waals surface area contributed by atoms with Gasteiger partial charge in [-0.25, -0.2) is 0 Å². The van der Waals surface area contributed by atoms with E-state index in [0.717, 1.165) is 38.1 Å². The topological polar surface area (TPSA) is 68.0 Å². The molecule has 1 amide bonds. The molecule has 7 heteroatoms. The third-order valence-corrected chi connectivity index (χ3v) is 4.25. The Kier molecular flexibility index (Phi) is 5.33. The van der Waals surface area contributed by atoms with E-state index in [-0.39, 0.29) is 5.91 Å². The van der Waals surface area contributed by atoms with E-state index in [1.807, 2.05) is 4.90 Å². The lowest BCUT2D eigenvalue weighted by atomic mass is 10.1. The van der Waals surface area contributed by atoms with Gasteiger partial charge < -0.3 is 19.3 Å². The molecule has 1 aliphatic rings. The zero-order chi connectivity index (χ0) is 15.4. The quantitative estimate of drug-likeness (QED) is 0.839. The maximum Gasteiger partial charge on any atom is 0.254 e. The van der Waals surface area contributed by atoms with Crippen molar-refractivity contribution in [2.45, 2.75) is 4.90 Å². The molecule has 0 spiro atoms. The summed E-state index contributed by atoms with van der Waals surface area (Å²) in [6.45, 7) is 3.23. The number of piperazine rings is 1. The number of rotatable bonds is 4. The highest BCUT2D eigenvalue weighted by atomic mass is 32.2. The van der Waals surface area contributed by atoms with E-state index in [2.05, 4.69) is 11.9 Å². The Bertz CT molecular complexity index is 491. The highest BCUT2D eigenvalue weighted by Gasteiger charge is 2.23. The number of carbonyl (C=O) groups excluding carboxylic acids is 1. The lowest BCUT2D eigenvalue weighted by molar-refractivity contribution is 0.0663. The summed E-state index contributed by atoms with van der Waals surface area (Å²) in [7, 11) is 5.17. The molecule has 6 nitrogen and oxygen atoms in total.